The highest BCUT2D eigenvalue weighted by atomic mass is 79.9. The maximum Gasteiger partial charge on any atom is 0.0624 e. The van der Waals surface area contributed by atoms with Gasteiger partial charge >= 0.3 is 0 Å². The highest BCUT2D eigenvalue weighted by Crippen LogP contribution is 2.19. The van der Waals surface area contributed by atoms with E-state index in [2.05, 4.69) is 20.9 Å². The summed E-state index contributed by atoms with van der Waals surface area (Å²) in [5.74, 6) is 0. The van der Waals surface area contributed by atoms with Gasteiger partial charge in [-0.1, -0.05) is 0 Å². The number of rotatable bonds is 2. The molecule has 1 aromatic rings. The molecular weight excluding hydrogens is 208 g/mol. The van der Waals surface area contributed by atoms with Crippen molar-refractivity contribution >= 4 is 15.9 Å². The van der Waals surface area contributed by atoms with Crippen molar-refractivity contribution in [1.29, 1.82) is 0 Å². The van der Waals surface area contributed by atoms with Gasteiger partial charge in [0.25, 0.3) is 0 Å². The van der Waals surface area contributed by atoms with Crippen LogP contribution >= 0.6 is 15.9 Å². The average Bonchev–Trinajstić information content (AvgIpc) is 2.04. The number of halogens is 1. The molecule has 0 aliphatic heterocycles. The number of nitrogens with two attached hydrogens (primary N) is 1. The number of hydrogen-bond donors (Lipinski definition) is 2. The molecule has 11 heavy (non-hydrogen) atoms. The lowest BCUT2D eigenvalue weighted by molar-refractivity contribution is 0.267. The van der Waals surface area contributed by atoms with Gasteiger partial charge < -0.3 is 10.8 Å². The van der Waals surface area contributed by atoms with E-state index < -0.39 is 0 Å². The molecule has 0 radical (unpaired) electrons. The largest absolute Gasteiger partial charge is 0.394 e. The van der Waals surface area contributed by atoms with E-state index in [1.54, 1.807) is 18.5 Å². The van der Waals surface area contributed by atoms with Crippen LogP contribution in [0, 0.1) is 0 Å². The molecule has 1 heterocycles. The molecule has 0 saturated carbocycles. The average molecular weight is 217 g/mol. The molecule has 1 atom stereocenters. The SMILES string of the molecule is N[C@@H](CO)c1ccncc1Br. The number of nitrogens with zero attached hydrogens (tertiary/aromatic N) is 1. The minimum atomic E-state index is -0.327. The zero-order valence-corrected chi connectivity index (χ0v) is 7.45. The van der Waals surface area contributed by atoms with E-state index in [1.165, 1.54) is 0 Å². The molecule has 0 aromatic carbocycles. The normalized spacial score (nSPS) is 13.0. The van der Waals surface area contributed by atoms with Gasteiger partial charge in [0, 0.05) is 16.9 Å². The molecule has 0 spiro atoms. The summed E-state index contributed by atoms with van der Waals surface area (Å²) in [6, 6.07) is 1.46. The predicted molar refractivity (Wildman–Crippen MR) is 46.0 cm³/mol. The van der Waals surface area contributed by atoms with E-state index in [9.17, 15) is 0 Å². The zero-order chi connectivity index (χ0) is 8.27. The molecule has 0 aliphatic carbocycles. The van der Waals surface area contributed by atoms with E-state index in [0.717, 1.165) is 10.0 Å². The Kier molecular flexibility index (Phi) is 2.99. The van der Waals surface area contributed by atoms with Gasteiger partial charge in [-0.3, -0.25) is 4.98 Å². The van der Waals surface area contributed by atoms with E-state index >= 15 is 0 Å². The summed E-state index contributed by atoms with van der Waals surface area (Å²) >= 11 is 3.28. The molecule has 0 amide bonds. The van der Waals surface area contributed by atoms with Crippen molar-refractivity contribution in [3.05, 3.63) is 28.5 Å². The van der Waals surface area contributed by atoms with Crippen LogP contribution in [0.3, 0.4) is 0 Å². The van der Waals surface area contributed by atoms with Crippen LogP contribution in [0.1, 0.15) is 11.6 Å². The van der Waals surface area contributed by atoms with Gasteiger partial charge in [-0.2, -0.15) is 0 Å². The minimum Gasteiger partial charge on any atom is -0.394 e. The second-order valence-electron chi connectivity index (χ2n) is 2.19. The van der Waals surface area contributed by atoms with E-state index in [4.69, 9.17) is 10.8 Å². The Morgan fingerprint density at radius 3 is 3.00 bits per heavy atom. The van der Waals surface area contributed by atoms with Crippen LogP contribution in [0.15, 0.2) is 22.9 Å². The smallest absolute Gasteiger partial charge is 0.0624 e. The lowest BCUT2D eigenvalue weighted by Gasteiger charge is -2.08. The monoisotopic (exact) mass is 216 g/mol. The Labute approximate surface area is 73.4 Å². The second-order valence-corrected chi connectivity index (χ2v) is 3.04. The van der Waals surface area contributed by atoms with E-state index in [-0.39, 0.29) is 12.6 Å². The molecule has 1 rings (SSSR count). The minimum absolute atomic E-state index is 0.0530. The van der Waals surface area contributed by atoms with Crippen LogP contribution in [-0.2, 0) is 0 Å². The maximum absolute atomic E-state index is 8.75. The highest BCUT2D eigenvalue weighted by molar-refractivity contribution is 9.10. The Morgan fingerprint density at radius 1 is 1.73 bits per heavy atom. The Bertz CT molecular complexity index is 242. The fraction of sp³-hybridized carbons (Fsp3) is 0.286. The van der Waals surface area contributed by atoms with Crippen LogP contribution in [0.4, 0.5) is 0 Å². The topological polar surface area (TPSA) is 59.1 Å². The van der Waals surface area contributed by atoms with Crippen LogP contribution in [0.2, 0.25) is 0 Å². The molecule has 0 fully saturated rings. The van der Waals surface area contributed by atoms with Crippen LogP contribution in [-0.4, -0.2) is 16.7 Å². The Balaban J connectivity index is 2.93. The van der Waals surface area contributed by atoms with Crippen molar-refractivity contribution in [3.8, 4) is 0 Å². The zero-order valence-electron chi connectivity index (χ0n) is 5.87. The van der Waals surface area contributed by atoms with Gasteiger partial charge in [-0.15, -0.1) is 0 Å². The first-order valence-corrected chi connectivity index (χ1v) is 4.01. The summed E-state index contributed by atoms with van der Waals surface area (Å²) in [7, 11) is 0. The molecule has 3 N–H and O–H groups in total. The molecule has 0 saturated heterocycles. The summed E-state index contributed by atoms with van der Waals surface area (Å²) in [4.78, 5) is 3.88. The molecule has 0 aliphatic rings. The van der Waals surface area contributed by atoms with Crippen molar-refractivity contribution in [2.75, 3.05) is 6.61 Å². The third kappa shape index (κ3) is 1.99. The van der Waals surface area contributed by atoms with Crippen LogP contribution in [0.25, 0.3) is 0 Å². The Hall–Kier alpha value is -0.450. The van der Waals surface area contributed by atoms with E-state index in [1.807, 2.05) is 0 Å². The lowest BCUT2D eigenvalue weighted by atomic mass is 10.1. The van der Waals surface area contributed by atoms with Crippen molar-refractivity contribution in [2.24, 2.45) is 5.73 Å². The molecule has 3 nitrogen and oxygen atoms in total. The molecule has 0 unspecified atom stereocenters. The first kappa shape index (κ1) is 8.64. The summed E-state index contributed by atoms with van der Waals surface area (Å²) < 4.78 is 0.835. The molecule has 4 heteroatoms. The van der Waals surface area contributed by atoms with Crippen molar-refractivity contribution in [2.45, 2.75) is 6.04 Å². The quantitative estimate of drug-likeness (QED) is 0.771. The molecular formula is C7H9BrN2O. The third-order valence-corrected chi connectivity index (χ3v) is 2.06. The van der Waals surface area contributed by atoms with Gasteiger partial charge in [-0.05, 0) is 27.6 Å². The fourth-order valence-corrected chi connectivity index (χ4v) is 1.33. The Morgan fingerprint density at radius 2 is 2.45 bits per heavy atom. The molecule has 60 valence electrons. The number of aliphatic hydroxyl groups is 1. The van der Waals surface area contributed by atoms with Gasteiger partial charge in [-0.25, -0.2) is 0 Å². The summed E-state index contributed by atoms with van der Waals surface area (Å²) in [5.41, 5.74) is 6.46. The van der Waals surface area contributed by atoms with Gasteiger partial charge in [0.15, 0.2) is 0 Å². The summed E-state index contributed by atoms with van der Waals surface area (Å²) in [5, 5.41) is 8.75. The highest BCUT2D eigenvalue weighted by Gasteiger charge is 2.06. The number of aromatic nitrogens is 1. The van der Waals surface area contributed by atoms with Gasteiger partial charge in [0.05, 0.1) is 12.6 Å². The van der Waals surface area contributed by atoms with Gasteiger partial charge in [0.1, 0.15) is 0 Å². The van der Waals surface area contributed by atoms with Crippen molar-refractivity contribution in [1.82, 2.24) is 4.98 Å². The second kappa shape index (κ2) is 3.80. The predicted octanol–water partition coefficient (Wildman–Crippen LogP) is 0.836. The summed E-state index contributed by atoms with van der Waals surface area (Å²) in [6.07, 6.45) is 3.31. The number of pyridine rings is 1. The third-order valence-electron chi connectivity index (χ3n) is 1.40. The maximum atomic E-state index is 8.75. The van der Waals surface area contributed by atoms with Crippen LogP contribution < -0.4 is 5.73 Å². The first-order chi connectivity index (χ1) is 5.25. The molecule has 1 aromatic heterocycles. The lowest BCUT2D eigenvalue weighted by Crippen LogP contribution is -2.14. The van der Waals surface area contributed by atoms with Crippen molar-refractivity contribution < 1.29 is 5.11 Å². The number of hydrogen-bond acceptors (Lipinski definition) is 3. The summed E-state index contributed by atoms with van der Waals surface area (Å²) in [6.45, 7) is -0.0530. The van der Waals surface area contributed by atoms with E-state index in [0.29, 0.717) is 0 Å². The number of aliphatic hydroxyl groups excluding tert-OH is 1. The van der Waals surface area contributed by atoms with Crippen molar-refractivity contribution in [3.63, 3.8) is 0 Å². The fourth-order valence-electron chi connectivity index (χ4n) is 0.785. The molecule has 0 bridgehead atoms. The van der Waals surface area contributed by atoms with Gasteiger partial charge in [0.2, 0.25) is 0 Å². The first-order valence-electron chi connectivity index (χ1n) is 3.21. The van der Waals surface area contributed by atoms with Crippen LogP contribution in [0.5, 0.6) is 0 Å². The standard InChI is InChI=1S/C7H9BrN2O/c8-6-3-10-2-1-5(6)7(9)4-11/h1-3,7,11H,4,9H2/t7-/m0/s1.